The zero-order chi connectivity index (χ0) is 12.9. The van der Waals surface area contributed by atoms with E-state index in [1.54, 1.807) is 0 Å². The summed E-state index contributed by atoms with van der Waals surface area (Å²) in [4.78, 5) is 27.4. The van der Waals surface area contributed by atoms with E-state index in [1.807, 2.05) is 0 Å². The van der Waals surface area contributed by atoms with Gasteiger partial charge < -0.3 is 29.7 Å². The van der Waals surface area contributed by atoms with Crippen molar-refractivity contribution in [2.24, 2.45) is 0 Å². The van der Waals surface area contributed by atoms with Crippen LogP contribution in [0.5, 0.6) is 0 Å². The maximum Gasteiger partial charge on any atom is 3.00 e. The van der Waals surface area contributed by atoms with Crippen molar-refractivity contribution < 1.29 is 29.7 Å². The van der Waals surface area contributed by atoms with E-state index in [0.29, 0.717) is 0 Å². The van der Waals surface area contributed by atoms with Gasteiger partial charge in [0.2, 0.25) is 0 Å². The number of hydrogen-bond donors (Lipinski definition) is 0. The molecule has 16 heavy (non-hydrogen) atoms. The van der Waals surface area contributed by atoms with Crippen LogP contribution in [-0.4, -0.2) is 43.8 Å². The Bertz CT molecular complexity index is 216. The molecular weight excluding hydrogens is 319 g/mol. The van der Waals surface area contributed by atoms with Gasteiger partial charge >= 0.3 is 25.8 Å². The normalized spacial score (nSPS) is 6.00. The number of aliphatic carboxylic acids is 3. The monoisotopic (exact) mass is 328 g/mol. The Morgan fingerprint density at radius 3 is 0.750 bits per heavy atom. The van der Waals surface area contributed by atoms with Crippen molar-refractivity contribution in [3.05, 3.63) is 38.0 Å². The fourth-order valence-electron chi connectivity index (χ4n) is 0. The van der Waals surface area contributed by atoms with Crippen molar-refractivity contribution >= 4 is 43.8 Å². The standard InChI is InChI=1S/3C3H4O2.In/c3*1-2-3(4)5;/h3*2H,1H2,(H,4,5);/q;;;+3/p-3. The maximum atomic E-state index is 9.14. The van der Waals surface area contributed by atoms with Crippen LogP contribution in [0.2, 0.25) is 0 Å². The second-order valence-electron chi connectivity index (χ2n) is 1.57. The summed E-state index contributed by atoms with van der Waals surface area (Å²) in [6.07, 6.45) is 2.17. The fourth-order valence-corrected chi connectivity index (χ4v) is 0. The van der Waals surface area contributed by atoms with Crippen LogP contribution >= 0.6 is 0 Å². The third kappa shape index (κ3) is 81.6. The molecule has 0 saturated carbocycles. The second kappa shape index (κ2) is 19.1. The van der Waals surface area contributed by atoms with Gasteiger partial charge in [0.15, 0.2) is 0 Å². The molecule has 84 valence electrons. The number of hydrogen-bond acceptors (Lipinski definition) is 6. The number of carboxylic acids is 3. The summed E-state index contributed by atoms with van der Waals surface area (Å²) >= 11 is 0. The molecule has 0 aliphatic rings. The molecule has 0 rings (SSSR count). The Morgan fingerprint density at radius 1 is 0.688 bits per heavy atom. The van der Waals surface area contributed by atoms with Gasteiger partial charge in [0, 0.05) is 0 Å². The number of carbonyl (C=O) groups is 3. The van der Waals surface area contributed by atoms with Crippen molar-refractivity contribution in [3.8, 4) is 0 Å². The smallest absolute Gasteiger partial charge is 0.545 e. The molecule has 0 aromatic rings. The van der Waals surface area contributed by atoms with Crippen LogP contribution in [0.3, 0.4) is 0 Å². The van der Waals surface area contributed by atoms with Gasteiger partial charge in [0.25, 0.3) is 0 Å². The Hall–Kier alpha value is -1.50. The van der Waals surface area contributed by atoms with E-state index in [9.17, 15) is 0 Å². The van der Waals surface area contributed by atoms with Crippen molar-refractivity contribution in [2.45, 2.75) is 0 Å². The average Bonchev–Trinajstić information content (AvgIpc) is 2.19. The van der Waals surface area contributed by atoms with Gasteiger partial charge in [0.1, 0.15) is 0 Å². The quantitative estimate of drug-likeness (QED) is 0.493. The molecule has 0 bridgehead atoms. The summed E-state index contributed by atoms with van der Waals surface area (Å²) in [5, 5.41) is 27.4. The maximum absolute atomic E-state index is 9.14. The Kier molecular flexibility index (Phi) is 28.7. The molecule has 0 radical (unpaired) electrons. The first-order valence-corrected chi connectivity index (χ1v) is 3.32. The molecule has 0 aliphatic carbocycles. The van der Waals surface area contributed by atoms with Crippen molar-refractivity contribution in [2.75, 3.05) is 0 Å². The minimum absolute atomic E-state index is 0. The molecule has 0 aromatic heterocycles. The third-order valence-electron chi connectivity index (χ3n) is 0.500. The largest absolute Gasteiger partial charge is 3.00 e. The summed E-state index contributed by atoms with van der Waals surface area (Å²) in [7, 11) is 0. The first-order chi connectivity index (χ1) is 6.81. The molecule has 0 spiro atoms. The minimum atomic E-state index is -1.23. The Morgan fingerprint density at radius 2 is 0.750 bits per heavy atom. The number of rotatable bonds is 3. The van der Waals surface area contributed by atoms with Gasteiger partial charge in [-0.15, -0.1) is 0 Å². The van der Waals surface area contributed by atoms with E-state index in [0.717, 1.165) is 18.2 Å². The zero-order valence-corrected chi connectivity index (χ0v) is 11.7. The summed E-state index contributed by atoms with van der Waals surface area (Å²) in [5.74, 6) is -3.69. The molecule has 0 N–H and O–H groups in total. The van der Waals surface area contributed by atoms with Crippen LogP contribution in [0, 0.1) is 0 Å². The summed E-state index contributed by atoms with van der Waals surface area (Å²) < 4.78 is 0. The van der Waals surface area contributed by atoms with Crippen LogP contribution in [0.15, 0.2) is 38.0 Å². The van der Waals surface area contributed by atoms with Gasteiger partial charge in [-0.3, -0.25) is 0 Å². The Balaban J connectivity index is -0.0000000655. The van der Waals surface area contributed by atoms with Crippen molar-refractivity contribution in [1.82, 2.24) is 0 Å². The predicted octanol–water partition coefficient (Wildman–Crippen LogP) is -3.61. The molecule has 0 amide bonds. The summed E-state index contributed by atoms with van der Waals surface area (Å²) in [6, 6.07) is 0. The van der Waals surface area contributed by atoms with Gasteiger partial charge in [-0.25, -0.2) is 0 Å². The fraction of sp³-hybridized carbons (Fsp3) is 0. The van der Waals surface area contributed by atoms with E-state index < -0.39 is 17.9 Å². The molecule has 7 heteroatoms. The van der Waals surface area contributed by atoms with E-state index in [1.165, 1.54) is 0 Å². The van der Waals surface area contributed by atoms with Crippen molar-refractivity contribution in [1.29, 1.82) is 0 Å². The molecule has 0 fully saturated rings. The van der Waals surface area contributed by atoms with E-state index in [2.05, 4.69) is 19.7 Å². The molecule has 6 nitrogen and oxygen atoms in total. The zero-order valence-electron chi connectivity index (χ0n) is 8.38. The molecule has 0 aromatic carbocycles. The SMILES string of the molecule is C=CC(=O)[O-].C=CC(=O)[O-].C=CC(=O)[O-].[In+3]. The van der Waals surface area contributed by atoms with Crippen LogP contribution in [-0.2, 0) is 14.4 Å². The van der Waals surface area contributed by atoms with Crippen LogP contribution in [0.25, 0.3) is 0 Å². The average molecular weight is 328 g/mol. The van der Waals surface area contributed by atoms with Gasteiger partial charge in [0.05, 0.1) is 17.9 Å². The molecule has 0 heterocycles. The first kappa shape index (κ1) is 24.0. The molecule has 0 aliphatic heterocycles. The van der Waals surface area contributed by atoms with Gasteiger partial charge in [-0.05, 0) is 18.2 Å². The second-order valence-corrected chi connectivity index (χ2v) is 1.57. The molecular formula is C9H9InO6. The summed E-state index contributed by atoms with van der Waals surface area (Å²) in [5.41, 5.74) is 0. The van der Waals surface area contributed by atoms with Crippen LogP contribution in [0.1, 0.15) is 0 Å². The van der Waals surface area contributed by atoms with Gasteiger partial charge in [-0.1, -0.05) is 19.7 Å². The topological polar surface area (TPSA) is 120 Å². The summed E-state index contributed by atoms with van der Waals surface area (Å²) in [6.45, 7) is 8.69. The molecule has 0 unspecified atom stereocenters. The van der Waals surface area contributed by atoms with E-state index in [-0.39, 0.29) is 25.8 Å². The number of carbonyl (C=O) groups excluding carboxylic acids is 3. The van der Waals surface area contributed by atoms with Crippen molar-refractivity contribution in [3.63, 3.8) is 0 Å². The molecule has 0 atom stereocenters. The molecule has 0 saturated heterocycles. The Labute approximate surface area is 111 Å². The first-order valence-electron chi connectivity index (χ1n) is 3.32. The third-order valence-corrected chi connectivity index (χ3v) is 0.500. The van der Waals surface area contributed by atoms with Crippen LogP contribution in [0.4, 0.5) is 0 Å². The number of carboxylic acid groups (broad SMARTS) is 3. The van der Waals surface area contributed by atoms with E-state index >= 15 is 0 Å². The van der Waals surface area contributed by atoms with Gasteiger partial charge in [-0.2, -0.15) is 0 Å². The van der Waals surface area contributed by atoms with Crippen LogP contribution < -0.4 is 15.3 Å². The predicted molar refractivity (Wildman–Crippen MR) is 51.4 cm³/mol. The minimum Gasteiger partial charge on any atom is -0.545 e. The van der Waals surface area contributed by atoms with E-state index in [4.69, 9.17) is 29.7 Å².